The van der Waals surface area contributed by atoms with Crippen molar-refractivity contribution in [3.63, 3.8) is 0 Å². The summed E-state index contributed by atoms with van der Waals surface area (Å²) in [6.45, 7) is 11.1. The van der Waals surface area contributed by atoms with Crippen molar-refractivity contribution < 1.29 is 4.74 Å². The van der Waals surface area contributed by atoms with E-state index < -0.39 is 8.07 Å². The molecule has 0 aromatic heterocycles. The zero-order valence-electron chi connectivity index (χ0n) is 6.61. The summed E-state index contributed by atoms with van der Waals surface area (Å²) in [5, 5.41) is 0. The number of rotatable bonds is 4. The average Bonchev–Trinajstić information content (AvgIpc) is 1.84. The second-order valence-corrected chi connectivity index (χ2v) is 7.50. The quantitative estimate of drug-likeness (QED) is 0.548. The lowest BCUT2D eigenvalue weighted by Gasteiger charge is -2.15. The molecular formula is C7H16OSi. The largest absolute Gasteiger partial charge is 0.385 e. The Morgan fingerprint density at radius 3 is 2.44 bits per heavy atom. The maximum atomic E-state index is 5.28. The molecule has 0 bridgehead atoms. The van der Waals surface area contributed by atoms with E-state index in [-0.39, 0.29) is 0 Å². The maximum Gasteiger partial charge on any atom is 0.100 e. The molecule has 54 valence electrons. The molecule has 0 aliphatic heterocycles. The molecule has 0 fully saturated rings. The van der Waals surface area contributed by atoms with Crippen molar-refractivity contribution >= 4 is 8.07 Å². The lowest BCUT2D eigenvalue weighted by atomic mass is 10.9. The Morgan fingerprint density at radius 2 is 2.11 bits per heavy atom. The Labute approximate surface area is 58.7 Å². The molecule has 0 saturated heterocycles. The molecular weight excluding hydrogens is 128 g/mol. The summed E-state index contributed by atoms with van der Waals surface area (Å²) in [7, 11) is -1.16. The highest BCUT2D eigenvalue weighted by molar-refractivity contribution is 6.82. The summed E-state index contributed by atoms with van der Waals surface area (Å²) in [5.74, 6) is 0. The fourth-order valence-electron chi connectivity index (χ4n) is 0.424. The van der Waals surface area contributed by atoms with Crippen LogP contribution in [0.4, 0.5) is 0 Å². The van der Waals surface area contributed by atoms with Crippen LogP contribution >= 0.6 is 0 Å². The molecule has 9 heavy (non-hydrogen) atoms. The van der Waals surface area contributed by atoms with Gasteiger partial charge in [0.25, 0.3) is 0 Å². The fourth-order valence-corrected chi connectivity index (χ4v) is 1.27. The van der Waals surface area contributed by atoms with E-state index in [0.717, 1.165) is 12.8 Å². The van der Waals surface area contributed by atoms with Gasteiger partial charge in [-0.05, 0) is 6.92 Å². The minimum absolute atomic E-state index is 0.824. The van der Waals surface area contributed by atoms with Crippen LogP contribution in [0.15, 0.2) is 12.3 Å². The maximum absolute atomic E-state index is 5.28. The molecule has 0 aromatic carbocycles. The Hall–Kier alpha value is -0.0831. The van der Waals surface area contributed by atoms with Crippen LogP contribution in [0.1, 0.15) is 6.92 Å². The lowest BCUT2D eigenvalue weighted by Crippen LogP contribution is -2.30. The van der Waals surface area contributed by atoms with E-state index in [1.165, 1.54) is 0 Å². The fraction of sp³-hybridized carbons (Fsp3) is 0.714. The van der Waals surface area contributed by atoms with Crippen LogP contribution in [0.25, 0.3) is 0 Å². The van der Waals surface area contributed by atoms with E-state index in [4.69, 9.17) is 4.74 Å². The number of ether oxygens (including phenoxy) is 1. The third kappa shape index (κ3) is 4.42. The van der Waals surface area contributed by atoms with Gasteiger partial charge in [0.05, 0.1) is 0 Å². The van der Waals surface area contributed by atoms with Crippen molar-refractivity contribution in [2.75, 3.05) is 12.8 Å². The Morgan fingerprint density at radius 1 is 1.56 bits per heavy atom. The first-order valence-corrected chi connectivity index (χ1v) is 6.62. The van der Waals surface area contributed by atoms with Crippen molar-refractivity contribution in [1.29, 1.82) is 0 Å². The molecule has 0 radical (unpaired) electrons. The van der Waals surface area contributed by atoms with Crippen molar-refractivity contribution in [2.45, 2.75) is 20.0 Å². The highest BCUT2D eigenvalue weighted by atomic mass is 28.3. The van der Waals surface area contributed by atoms with Gasteiger partial charge >= 0.3 is 0 Å². The van der Waals surface area contributed by atoms with Gasteiger partial charge in [-0.15, -0.1) is 6.58 Å². The van der Waals surface area contributed by atoms with E-state index in [2.05, 4.69) is 25.4 Å². The number of hydrogen-bond acceptors (Lipinski definition) is 1. The van der Waals surface area contributed by atoms with E-state index in [1.54, 1.807) is 0 Å². The van der Waals surface area contributed by atoms with E-state index in [1.807, 2.05) is 6.92 Å². The van der Waals surface area contributed by atoms with Gasteiger partial charge in [-0.1, -0.05) is 18.8 Å². The predicted octanol–water partition coefficient (Wildman–Crippen LogP) is 2.00. The lowest BCUT2D eigenvalue weighted by molar-refractivity contribution is 0.189. The molecule has 0 unspecified atom stereocenters. The van der Waals surface area contributed by atoms with Gasteiger partial charge in [-0.25, -0.2) is 0 Å². The third-order valence-electron chi connectivity index (χ3n) is 1.23. The SMILES string of the molecule is C=C[Si](C)(C)COCC. The highest BCUT2D eigenvalue weighted by Crippen LogP contribution is 2.02. The van der Waals surface area contributed by atoms with Crippen LogP contribution in [-0.4, -0.2) is 20.9 Å². The number of hydrogen-bond donors (Lipinski definition) is 0. The van der Waals surface area contributed by atoms with Gasteiger partial charge in [-0.2, -0.15) is 0 Å². The molecule has 0 saturated carbocycles. The highest BCUT2D eigenvalue weighted by Gasteiger charge is 2.14. The zero-order chi connectivity index (χ0) is 7.33. The smallest absolute Gasteiger partial charge is 0.100 e. The standard InChI is InChI=1S/C7H16OSi/c1-5-8-7-9(3,4)6-2/h6H,2,5,7H2,1,3-4H3. The summed E-state index contributed by atoms with van der Waals surface area (Å²) >= 11 is 0. The van der Waals surface area contributed by atoms with Crippen molar-refractivity contribution in [3.05, 3.63) is 12.3 Å². The molecule has 0 N–H and O–H groups in total. The van der Waals surface area contributed by atoms with E-state index in [0.29, 0.717) is 0 Å². The van der Waals surface area contributed by atoms with Crippen LogP contribution < -0.4 is 0 Å². The normalized spacial score (nSPS) is 11.4. The predicted molar refractivity (Wildman–Crippen MR) is 44.2 cm³/mol. The molecule has 0 aromatic rings. The van der Waals surface area contributed by atoms with Crippen LogP contribution in [0, 0.1) is 0 Å². The molecule has 0 aliphatic carbocycles. The van der Waals surface area contributed by atoms with Crippen LogP contribution in [0.2, 0.25) is 13.1 Å². The van der Waals surface area contributed by atoms with Crippen molar-refractivity contribution in [1.82, 2.24) is 0 Å². The molecule has 0 aliphatic rings. The summed E-state index contributed by atoms with van der Waals surface area (Å²) in [6.07, 6.45) is 0.910. The molecule has 0 amide bonds. The first-order valence-electron chi connectivity index (χ1n) is 3.33. The Bertz CT molecular complexity index is 88.9. The topological polar surface area (TPSA) is 9.23 Å². The molecule has 0 heterocycles. The minimum Gasteiger partial charge on any atom is -0.385 e. The van der Waals surface area contributed by atoms with Crippen LogP contribution in [0.3, 0.4) is 0 Å². The summed E-state index contributed by atoms with van der Waals surface area (Å²) in [4.78, 5) is 0. The minimum atomic E-state index is -1.16. The van der Waals surface area contributed by atoms with Gasteiger partial charge < -0.3 is 4.74 Å². The summed E-state index contributed by atoms with van der Waals surface area (Å²) < 4.78 is 5.28. The zero-order valence-corrected chi connectivity index (χ0v) is 7.61. The average molecular weight is 144 g/mol. The monoisotopic (exact) mass is 144 g/mol. The van der Waals surface area contributed by atoms with E-state index in [9.17, 15) is 0 Å². The summed E-state index contributed by atoms with van der Waals surface area (Å²) in [6, 6.07) is 0. The van der Waals surface area contributed by atoms with Crippen LogP contribution in [0.5, 0.6) is 0 Å². The Balaban J connectivity index is 3.45. The molecule has 0 spiro atoms. The molecule has 1 nitrogen and oxygen atoms in total. The van der Waals surface area contributed by atoms with Gasteiger partial charge in [0, 0.05) is 12.8 Å². The second-order valence-electron chi connectivity index (χ2n) is 2.83. The van der Waals surface area contributed by atoms with Gasteiger partial charge in [0.2, 0.25) is 0 Å². The first kappa shape index (κ1) is 8.92. The molecule has 2 heteroatoms. The third-order valence-corrected chi connectivity index (χ3v) is 3.28. The van der Waals surface area contributed by atoms with Gasteiger partial charge in [0.1, 0.15) is 8.07 Å². The van der Waals surface area contributed by atoms with Crippen molar-refractivity contribution in [2.24, 2.45) is 0 Å². The second kappa shape index (κ2) is 3.85. The van der Waals surface area contributed by atoms with Gasteiger partial charge in [0.15, 0.2) is 0 Å². The van der Waals surface area contributed by atoms with Gasteiger partial charge in [-0.3, -0.25) is 0 Å². The van der Waals surface area contributed by atoms with Crippen molar-refractivity contribution in [3.8, 4) is 0 Å². The summed E-state index contributed by atoms with van der Waals surface area (Å²) in [5.41, 5.74) is 2.06. The molecule has 0 atom stereocenters. The van der Waals surface area contributed by atoms with Crippen LogP contribution in [-0.2, 0) is 4.74 Å². The molecule has 0 rings (SSSR count). The first-order chi connectivity index (χ1) is 4.12. The Kier molecular flexibility index (Phi) is 3.82. The van der Waals surface area contributed by atoms with E-state index >= 15 is 0 Å².